The van der Waals surface area contributed by atoms with Gasteiger partial charge in [-0.3, -0.25) is 4.31 Å². The van der Waals surface area contributed by atoms with Crippen molar-refractivity contribution < 1.29 is 0 Å². The van der Waals surface area contributed by atoms with Crippen LogP contribution in [0.25, 0.3) is 0 Å². The van der Waals surface area contributed by atoms with Crippen LogP contribution in [0.1, 0.15) is 27.2 Å². The molecule has 1 atom stereocenters. The molecule has 80 valence electrons. The highest BCUT2D eigenvalue weighted by Crippen LogP contribution is 2.14. The summed E-state index contributed by atoms with van der Waals surface area (Å²) in [6.07, 6.45) is 3.47. The van der Waals surface area contributed by atoms with E-state index in [2.05, 4.69) is 37.9 Å². The van der Waals surface area contributed by atoms with Crippen molar-refractivity contribution in [3.05, 3.63) is 0 Å². The Bertz CT molecular complexity index is 119. The number of nitrogens with zero attached hydrogens (tertiary/aromatic N) is 1. The predicted octanol–water partition coefficient (Wildman–Crippen LogP) is 3.24. The van der Waals surface area contributed by atoms with Gasteiger partial charge in [0.1, 0.15) is 0 Å². The van der Waals surface area contributed by atoms with Crippen LogP contribution in [0.15, 0.2) is 0 Å². The van der Waals surface area contributed by atoms with Crippen LogP contribution in [0.3, 0.4) is 0 Å². The van der Waals surface area contributed by atoms with Crippen molar-refractivity contribution >= 4 is 20.7 Å². The lowest BCUT2D eigenvalue weighted by molar-refractivity contribution is 0.493. The van der Waals surface area contributed by atoms with E-state index in [9.17, 15) is 0 Å². The van der Waals surface area contributed by atoms with Crippen molar-refractivity contribution in [2.45, 2.75) is 45.3 Å². The SMILES string of the molecule is CCCN(CC[SiH](C)C(C)C)SC. The van der Waals surface area contributed by atoms with Crippen molar-refractivity contribution in [1.82, 2.24) is 4.31 Å². The van der Waals surface area contributed by atoms with Crippen molar-refractivity contribution in [3.63, 3.8) is 0 Å². The van der Waals surface area contributed by atoms with Gasteiger partial charge in [0.05, 0.1) is 0 Å². The summed E-state index contributed by atoms with van der Waals surface area (Å²) in [6.45, 7) is 12.1. The van der Waals surface area contributed by atoms with E-state index < -0.39 is 8.80 Å². The van der Waals surface area contributed by atoms with Crippen LogP contribution in [-0.4, -0.2) is 32.4 Å². The highest BCUT2D eigenvalue weighted by molar-refractivity contribution is 7.96. The smallest absolute Gasteiger partial charge is 0.0375 e. The molecule has 0 N–H and O–H groups in total. The molecule has 0 saturated heterocycles. The molecule has 0 heterocycles. The quantitative estimate of drug-likeness (QED) is 0.478. The molecular formula is C10H25NSSi. The summed E-state index contributed by atoms with van der Waals surface area (Å²) in [4.78, 5) is 0. The molecule has 0 aromatic carbocycles. The fourth-order valence-corrected chi connectivity index (χ4v) is 3.45. The molecule has 1 nitrogen and oxygen atoms in total. The second-order valence-electron chi connectivity index (χ2n) is 4.12. The molecule has 0 amide bonds. The molecule has 0 aromatic rings. The molecule has 0 saturated carbocycles. The molecule has 0 bridgehead atoms. The van der Waals surface area contributed by atoms with Gasteiger partial charge in [0, 0.05) is 21.9 Å². The van der Waals surface area contributed by atoms with E-state index in [1.807, 2.05) is 11.9 Å². The minimum Gasteiger partial charge on any atom is -0.251 e. The molecular weight excluding hydrogens is 194 g/mol. The first kappa shape index (κ1) is 13.5. The van der Waals surface area contributed by atoms with E-state index in [-0.39, 0.29) is 0 Å². The Morgan fingerprint density at radius 3 is 2.31 bits per heavy atom. The maximum absolute atomic E-state index is 2.51. The fourth-order valence-electron chi connectivity index (χ4n) is 1.22. The van der Waals surface area contributed by atoms with Crippen LogP contribution < -0.4 is 0 Å². The van der Waals surface area contributed by atoms with E-state index in [0.29, 0.717) is 0 Å². The van der Waals surface area contributed by atoms with Gasteiger partial charge in [-0.1, -0.05) is 44.8 Å². The summed E-state index contributed by atoms with van der Waals surface area (Å²) in [7, 11) is -0.426. The van der Waals surface area contributed by atoms with Crippen molar-refractivity contribution in [2.24, 2.45) is 0 Å². The van der Waals surface area contributed by atoms with Gasteiger partial charge in [0.25, 0.3) is 0 Å². The lowest BCUT2D eigenvalue weighted by Crippen LogP contribution is -2.23. The van der Waals surface area contributed by atoms with E-state index in [4.69, 9.17) is 0 Å². The minimum atomic E-state index is -0.426. The Morgan fingerprint density at radius 2 is 1.92 bits per heavy atom. The van der Waals surface area contributed by atoms with Gasteiger partial charge in [-0.2, -0.15) is 0 Å². The molecule has 0 aliphatic carbocycles. The summed E-state index contributed by atoms with van der Waals surface area (Å²) < 4.78 is 2.51. The standard InChI is InChI=1S/C10H25NSSi/c1-6-7-11(12-4)8-9-13(5)10(2)3/h10,13H,6-9H2,1-5H3. The van der Waals surface area contributed by atoms with Crippen LogP contribution in [0.5, 0.6) is 0 Å². The molecule has 0 rings (SSSR count). The largest absolute Gasteiger partial charge is 0.251 e. The molecule has 0 aromatic heterocycles. The first-order chi connectivity index (χ1) is 6.11. The number of hydrogen-bond acceptors (Lipinski definition) is 2. The third kappa shape index (κ3) is 6.58. The fraction of sp³-hybridized carbons (Fsp3) is 1.00. The average molecular weight is 219 g/mol. The maximum atomic E-state index is 2.51. The minimum absolute atomic E-state index is 0.426. The maximum Gasteiger partial charge on any atom is 0.0375 e. The molecule has 1 unspecified atom stereocenters. The monoisotopic (exact) mass is 219 g/mol. The van der Waals surface area contributed by atoms with Gasteiger partial charge in [-0.15, -0.1) is 0 Å². The molecule has 0 fully saturated rings. The van der Waals surface area contributed by atoms with Gasteiger partial charge in [0.15, 0.2) is 0 Å². The molecule has 0 spiro atoms. The molecule has 13 heavy (non-hydrogen) atoms. The lowest BCUT2D eigenvalue weighted by Gasteiger charge is -2.21. The Labute approximate surface area is 90.0 Å². The lowest BCUT2D eigenvalue weighted by atomic mass is 10.5. The first-order valence-corrected chi connectivity index (χ1v) is 9.22. The Kier molecular flexibility index (Phi) is 8.21. The summed E-state index contributed by atoms with van der Waals surface area (Å²) in [6, 6.07) is 1.47. The van der Waals surface area contributed by atoms with E-state index in [0.717, 1.165) is 5.54 Å². The van der Waals surface area contributed by atoms with Crippen LogP contribution in [0, 0.1) is 0 Å². The molecule has 0 aliphatic rings. The number of rotatable bonds is 7. The summed E-state index contributed by atoms with van der Waals surface area (Å²) in [5.41, 5.74) is 0.963. The van der Waals surface area contributed by atoms with E-state index >= 15 is 0 Å². The van der Waals surface area contributed by atoms with E-state index in [1.54, 1.807) is 0 Å². The van der Waals surface area contributed by atoms with Crippen LogP contribution in [-0.2, 0) is 0 Å². The number of hydrogen-bond donors (Lipinski definition) is 0. The van der Waals surface area contributed by atoms with Crippen molar-refractivity contribution in [3.8, 4) is 0 Å². The average Bonchev–Trinajstić information content (AvgIpc) is 2.11. The Morgan fingerprint density at radius 1 is 1.31 bits per heavy atom. The van der Waals surface area contributed by atoms with Crippen LogP contribution in [0.4, 0.5) is 0 Å². The molecule has 0 aliphatic heterocycles. The first-order valence-electron chi connectivity index (χ1n) is 5.40. The summed E-state index contributed by atoms with van der Waals surface area (Å²) in [5.74, 6) is 0. The predicted molar refractivity (Wildman–Crippen MR) is 68.3 cm³/mol. The summed E-state index contributed by atoms with van der Waals surface area (Å²) in [5, 5.41) is 0. The topological polar surface area (TPSA) is 3.24 Å². The van der Waals surface area contributed by atoms with Gasteiger partial charge < -0.3 is 0 Å². The zero-order valence-corrected chi connectivity index (χ0v) is 11.8. The highest BCUT2D eigenvalue weighted by Gasteiger charge is 2.10. The molecule has 0 radical (unpaired) electrons. The zero-order valence-electron chi connectivity index (χ0n) is 9.84. The van der Waals surface area contributed by atoms with Gasteiger partial charge in [-0.05, 0) is 18.7 Å². The third-order valence-corrected chi connectivity index (χ3v) is 7.03. The Hall–Kier alpha value is 0.527. The van der Waals surface area contributed by atoms with Crippen molar-refractivity contribution in [1.29, 1.82) is 0 Å². The van der Waals surface area contributed by atoms with Gasteiger partial charge >= 0.3 is 0 Å². The third-order valence-electron chi connectivity index (χ3n) is 2.70. The highest BCUT2D eigenvalue weighted by atomic mass is 32.2. The second-order valence-corrected chi connectivity index (χ2v) is 8.87. The Balaban J connectivity index is 3.58. The normalized spacial score (nSPS) is 14.1. The van der Waals surface area contributed by atoms with E-state index in [1.165, 1.54) is 25.6 Å². The zero-order chi connectivity index (χ0) is 10.3. The van der Waals surface area contributed by atoms with Crippen LogP contribution in [0.2, 0.25) is 18.1 Å². The molecule has 3 heteroatoms. The second kappa shape index (κ2) is 7.89. The van der Waals surface area contributed by atoms with Crippen molar-refractivity contribution in [2.75, 3.05) is 19.3 Å². The van der Waals surface area contributed by atoms with Gasteiger partial charge in [0.2, 0.25) is 0 Å². The van der Waals surface area contributed by atoms with Crippen LogP contribution >= 0.6 is 11.9 Å². The van der Waals surface area contributed by atoms with Gasteiger partial charge in [-0.25, -0.2) is 0 Å². The summed E-state index contributed by atoms with van der Waals surface area (Å²) >= 11 is 1.90.